The number of carbonyl (C=O) groups excluding carboxylic acids is 1. The van der Waals surface area contributed by atoms with Crippen molar-refractivity contribution in [2.45, 2.75) is 49.2 Å². The van der Waals surface area contributed by atoms with Crippen molar-refractivity contribution in [2.75, 3.05) is 0 Å². The smallest absolute Gasteiger partial charge is 0.188 e. The van der Waals surface area contributed by atoms with Crippen molar-refractivity contribution in [2.24, 2.45) is 11.3 Å². The van der Waals surface area contributed by atoms with Crippen LogP contribution in [0.15, 0.2) is 78.1 Å². The number of carbonyl (C=O) groups is 1. The van der Waals surface area contributed by atoms with Gasteiger partial charge in [-0.05, 0) is 92.6 Å². The van der Waals surface area contributed by atoms with Gasteiger partial charge in [0.1, 0.15) is 17.3 Å². The predicted octanol–water partition coefficient (Wildman–Crippen LogP) is 5.46. The number of nitrogens with zero attached hydrogens (tertiary/aromatic N) is 3. The number of halogens is 2. The Balaban J connectivity index is 1.42. The maximum Gasteiger partial charge on any atom is 0.188 e. The minimum atomic E-state index is -3.90. The summed E-state index contributed by atoms with van der Waals surface area (Å²) in [5.41, 5.74) is 2.07. The van der Waals surface area contributed by atoms with Gasteiger partial charge in [0.25, 0.3) is 0 Å². The van der Waals surface area contributed by atoms with Crippen LogP contribution in [-0.4, -0.2) is 34.0 Å². The van der Waals surface area contributed by atoms with Gasteiger partial charge in [0.2, 0.25) is 0 Å². The van der Waals surface area contributed by atoms with Crippen LogP contribution in [0.2, 0.25) is 0 Å². The van der Waals surface area contributed by atoms with E-state index in [0.717, 1.165) is 23.1 Å². The van der Waals surface area contributed by atoms with Crippen LogP contribution in [0.1, 0.15) is 46.7 Å². The Morgan fingerprint density at radius 3 is 2.54 bits per heavy atom. The van der Waals surface area contributed by atoms with Crippen LogP contribution >= 0.6 is 0 Å². The summed E-state index contributed by atoms with van der Waals surface area (Å²) in [7, 11) is -3.90. The topological polar surface area (TPSA) is 81.9 Å². The number of benzene rings is 2. The van der Waals surface area contributed by atoms with Crippen LogP contribution < -0.4 is 0 Å². The second-order valence-corrected chi connectivity index (χ2v) is 12.9. The van der Waals surface area contributed by atoms with Crippen molar-refractivity contribution < 1.29 is 22.0 Å². The number of rotatable bonds is 5. The Morgan fingerprint density at radius 2 is 1.82 bits per heavy atom. The SMILES string of the molecule is Cc1ccc(S(=O)(=O)[C@H]2CCC3Cc4c(ncn4-c4ccc(F)cc4)C[C@]3(C(=O)c3ccccn3)C2)cc1F. The highest BCUT2D eigenvalue weighted by Crippen LogP contribution is 2.52. The fraction of sp³-hybridized carbons (Fsp3) is 0.300. The summed E-state index contributed by atoms with van der Waals surface area (Å²) in [4.78, 5) is 23.1. The molecule has 2 aliphatic carbocycles. The van der Waals surface area contributed by atoms with Crippen LogP contribution in [0, 0.1) is 29.9 Å². The van der Waals surface area contributed by atoms with E-state index in [4.69, 9.17) is 0 Å². The summed E-state index contributed by atoms with van der Waals surface area (Å²) in [5, 5.41) is -0.843. The lowest BCUT2D eigenvalue weighted by Crippen LogP contribution is -2.51. The van der Waals surface area contributed by atoms with Crippen molar-refractivity contribution in [1.82, 2.24) is 14.5 Å². The molecule has 0 spiro atoms. The van der Waals surface area contributed by atoms with Crippen LogP contribution in [0.3, 0.4) is 0 Å². The summed E-state index contributed by atoms with van der Waals surface area (Å²) in [6.07, 6.45) is 5.00. The molecule has 2 aromatic heterocycles. The third-order valence-corrected chi connectivity index (χ3v) is 10.6. The molecule has 3 atom stereocenters. The first kappa shape index (κ1) is 25.6. The van der Waals surface area contributed by atoms with Crippen molar-refractivity contribution >= 4 is 15.6 Å². The first-order chi connectivity index (χ1) is 18.7. The van der Waals surface area contributed by atoms with E-state index >= 15 is 0 Å². The van der Waals surface area contributed by atoms with E-state index in [1.165, 1.54) is 24.3 Å². The number of fused-ring (bicyclic) bond motifs is 2. The Morgan fingerprint density at radius 1 is 1.03 bits per heavy atom. The van der Waals surface area contributed by atoms with Gasteiger partial charge in [0.05, 0.1) is 22.2 Å². The van der Waals surface area contributed by atoms with Crippen LogP contribution in [0.25, 0.3) is 5.69 Å². The molecule has 1 fully saturated rings. The highest BCUT2D eigenvalue weighted by molar-refractivity contribution is 7.92. The number of aryl methyl sites for hydroxylation is 1. The molecule has 0 amide bonds. The molecule has 0 saturated heterocycles. The fourth-order valence-electron chi connectivity index (χ4n) is 6.30. The molecular weight excluding hydrogens is 520 g/mol. The Hall–Kier alpha value is -3.72. The van der Waals surface area contributed by atoms with Gasteiger partial charge in [-0.25, -0.2) is 22.2 Å². The van der Waals surface area contributed by atoms with Crippen LogP contribution in [0.4, 0.5) is 8.78 Å². The molecule has 2 aromatic carbocycles. The van der Waals surface area contributed by atoms with Gasteiger partial charge < -0.3 is 4.57 Å². The number of hydrogen-bond acceptors (Lipinski definition) is 5. The summed E-state index contributed by atoms with van der Waals surface area (Å²) in [6.45, 7) is 1.59. The van der Waals surface area contributed by atoms with Gasteiger partial charge in [-0.3, -0.25) is 9.78 Å². The first-order valence-electron chi connectivity index (χ1n) is 13.0. The molecule has 1 saturated carbocycles. The van der Waals surface area contributed by atoms with Crippen LogP contribution in [-0.2, 0) is 22.7 Å². The maximum atomic E-state index is 14.3. The van der Waals surface area contributed by atoms with E-state index in [-0.39, 0.29) is 35.3 Å². The molecule has 6 rings (SSSR count). The zero-order valence-electron chi connectivity index (χ0n) is 21.3. The molecule has 4 aromatic rings. The quantitative estimate of drug-likeness (QED) is 0.310. The van der Waals surface area contributed by atoms with Crippen molar-refractivity contribution in [3.63, 3.8) is 0 Å². The largest absolute Gasteiger partial charge is 0.303 e. The number of sulfone groups is 1. The van der Waals surface area contributed by atoms with E-state index in [2.05, 4.69) is 9.97 Å². The minimum absolute atomic E-state index is 0.0634. The number of aromatic nitrogens is 3. The molecule has 2 aliphatic rings. The molecule has 0 bridgehead atoms. The molecule has 2 heterocycles. The Kier molecular flexibility index (Phi) is 6.21. The van der Waals surface area contributed by atoms with Crippen molar-refractivity contribution in [3.05, 3.63) is 107 Å². The molecule has 0 radical (unpaired) electrons. The Bertz CT molecular complexity index is 1670. The standard InChI is InChI=1S/C30H27F2N3O3S/c1-19-5-11-23(15-25(19)32)39(37,38)24-12-6-20-14-28-27(34-18-35(28)22-9-7-21(31)8-10-22)17-30(20,16-24)29(36)26-4-2-3-13-33-26/h2-5,7-11,13,15,18,20,24H,6,12,14,16-17H2,1H3/t20?,24-,30+/m0/s1. The zero-order chi connectivity index (χ0) is 27.4. The average molecular weight is 548 g/mol. The molecule has 9 heteroatoms. The fourth-order valence-corrected chi connectivity index (χ4v) is 8.18. The first-order valence-corrected chi connectivity index (χ1v) is 14.5. The summed E-state index contributed by atoms with van der Waals surface area (Å²) >= 11 is 0. The van der Waals surface area contributed by atoms with E-state index in [1.807, 2.05) is 4.57 Å². The lowest BCUT2D eigenvalue weighted by atomic mass is 9.57. The van der Waals surface area contributed by atoms with E-state index in [1.54, 1.807) is 49.8 Å². The number of pyridine rings is 1. The van der Waals surface area contributed by atoms with E-state index < -0.39 is 26.3 Å². The zero-order valence-corrected chi connectivity index (χ0v) is 22.2. The molecule has 39 heavy (non-hydrogen) atoms. The van der Waals surface area contributed by atoms with Gasteiger partial charge >= 0.3 is 0 Å². The highest BCUT2D eigenvalue weighted by atomic mass is 32.2. The number of hydrogen-bond donors (Lipinski definition) is 0. The second-order valence-electron chi connectivity index (χ2n) is 10.6. The van der Waals surface area contributed by atoms with Crippen molar-refractivity contribution in [1.29, 1.82) is 0 Å². The van der Waals surface area contributed by atoms with Gasteiger partial charge in [-0.1, -0.05) is 12.1 Å². The lowest BCUT2D eigenvalue weighted by Gasteiger charge is -2.48. The van der Waals surface area contributed by atoms with Gasteiger partial charge in [0, 0.05) is 29.4 Å². The summed E-state index contributed by atoms with van der Waals surface area (Å²) in [6, 6.07) is 15.3. The van der Waals surface area contributed by atoms with Gasteiger partial charge in [-0.15, -0.1) is 0 Å². The minimum Gasteiger partial charge on any atom is -0.303 e. The molecule has 6 nitrogen and oxygen atoms in total. The van der Waals surface area contributed by atoms with E-state index in [9.17, 15) is 22.0 Å². The Labute approximate surface area is 225 Å². The van der Waals surface area contributed by atoms with Crippen molar-refractivity contribution in [3.8, 4) is 5.69 Å². The summed E-state index contributed by atoms with van der Waals surface area (Å²) in [5.74, 6) is -1.24. The van der Waals surface area contributed by atoms with E-state index in [0.29, 0.717) is 30.5 Å². The second kappa shape index (κ2) is 9.48. The molecular formula is C30H27F2N3O3S. The number of imidazole rings is 1. The van der Waals surface area contributed by atoms with Crippen LogP contribution in [0.5, 0.6) is 0 Å². The number of Topliss-reactive ketones (excluding diaryl/α,β-unsaturated/α-hetero) is 1. The average Bonchev–Trinajstić information content (AvgIpc) is 3.35. The lowest BCUT2D eigenvalue weighted by molar-refractivity contribution is 0.0483. The van der Waals surface area contributed by atoms with Gasteiger partial charge in [0.15, 0.2) is 15.6 Å². The molecule has 0 N–H and O–H groups in total. The molecule has 0 aliphatic heterocycles. The van der Waals surface area contributed by atoms with Gasteiger partial charge in [-0.2, -0.15) is 0 Å². The third-order valence-electron chi connectivity index (χ3n) is 8.45. The monoisotopic (exact) mass is 547 g/mol. The molecule has 200 valence electrons. The number of ketones is 1. The third kappa shape index (κ3) is 4.29. The maximum absolute atomic E-state index is 14.3. The normalized spacial score (nSPS) is 22.6. The predicted molar refractivity (Wildman–Crippen MR) is 141 cm³/mol. The highest BCUT2D eigenvalue weighted by Gasteiger charge is 2.55. The molecule has 1 unspecified atom stereocenters. The summed E-state index contributed by atoms with van der Waals surface area (Å²) < 4.78 is 57.3.